The molecule has 0 atom stereocenters. The van der Waals surface area contributed by atoms with E-state index in [1.807, 2.05) is 50.1 Å². The second-order valence-electron chi connectivity index (χ2n) is 5.53. The maximum absolute atomic E-state index is 11.2. The number of hydrogen-bond acceptors (Lipinski definition) is 3. The van der Waals surface area contributed by atoms with Gasteiger partial charge in [0.2, 0.25) is 0 Å². The van der Waals surface area contributed by atoms with E-state index in [-0.39, 0.29) is 6.10 Å². The Balaban J connectivity index is 2.70. The molecule has 4 heteroatoms. The van der Waals surface area contributed by atoms with Crippen molar-refractivity contribution in [3.63, 3.8) is 0 Å². The first kappa shape index (κ1) is 15.5. The molecule has 19 heavy (non-hydrogen) atoms. The third-order valence-corrected chi connectivity index (χ3v) is 3.19. The van der Waals surface area contributed by atoms with Crippen LogP contribution in [0.2, 0.25) is 0 Å². The van der Waals surface area contributed by atoms with Gasteiger partial charge in [-0.25, -0.2) is 0 Å². The van der Waals surface area contributed by atoms with Gasteiger partial charge >= 0.3 is 5.97 Å². The largest absolute Gasteiger partial charge is 0.491 e. The van der Waals surface area contributed by atoms with Gasteiger partial charge < -0.3 is 9.84 Å². The molecule has 0 radical (unpaired) electrons. The molecule has 0 saturated carbocycles. The molecule has 4 nitrogen and oxygen atoms in total. The molecule has 0 aliphatic heterocycles. The number of carbonyl (C=O) groups is 1. The quantitative estimate of drug-likeness (QED) is 0.859. The van der Waals surface area contributed by atoms with E-state index < -0.39 is 11.5 Å². The summed E-state index contributed by atoms with van der Waals surface area (Å²) in [4.78, 5) is 13.0. The monoisotopic (exact) mass is 265 g/mol. The fourth-order valence-electron chi connectivity index (χ4n) is 1.58. The molecule has 0 aliphatic carbocycles. The van der Waals surface area contributed by atoms with Crippen LogP contribution in [0.3, 0.4) is 0 Å². The zero-order chi connectivity index (χ0) is 14.6. The van der Waals surface area contributed by atoms with Crippen molar-refractivity contribution in [3.8, 4) is 5.75 Å². The Kier molecular flexibility index (Phi) is 4.95. The van der Waals surface area contributed by atoms with Crippen molar-refractivity contribution in [2.45, 2.75) is 45.9 Å². The molecule has 0 spiro atoms. The first-order valence-electron chi connectivity index (χ1n) is 6.43. The standard InChI is InChI=1S/C15H23NO3/c1-11(2)19-13-8-6-12(7-9-13)10-16(5)15(3,4)14(17)18/h6-9,11H,10H2,1-5H3,(H,17,18). The lowest BCUT2D eigenvalue weighted by molar-refractivity contribution is -0.148. The van der Waals surface area contributed by atoms with Gasteiger partial charge in [0.25, 0.3) is 0 Å². The molecule has 106 valence electrons. The van der Waals surface area contributed by atoms with Crippen LogP contribution in [0.5, 0.6) is 5.75 Å². The SMILES string of the molecule is CC(C)Oc1ccc(CN(C)C(C)(C)C(=O)O)cc1. The molecule has 0 bridgehead atoms. The minimum atomic E-state index is -0.882. The van der Waals surface area contributed by atoms with E-state index in [0.717, 1.165) is 11.3 Å². The summed E-state index contributed by atoms with van der Waals surface area (Å²) in [6.45, 7) is 7.95. The lowest BCUT2D eigenvalue weighted by atomic mass is 10.0. The maximum atomic E-state index is 11.2. The van der Waals surface area contributed by atoms with E-state index in [9.17, 15) is 9.90 Å². The number of carboxylic acids is 1. The lowest BCUT2D eigenvalue weighted by Crippen LogP contribution is -2.47. The van der Waals surface area contributed by atoms with Gasteiger partial charge in [0.15, 0.2) is 0 Å². The van der Waals surface area contributed by atoms with Crippen LogP contribution in [0.15, 0.2) is 24.3 Å². The molecule has 0 heterocycles. The average molecular weight is 265 g/mol. The number of likely N-dealkylation sites (N-methyl/N-ethyl adjacent to an activating group) is 1. The smallest absolute Gasteiger partial charge is 0.323 e. The van der Waals surface area contributed by atoms with Crippen LogP contribution in [-0.4, -0.2) is 34.7 Å². The number of carboxylic acid groups (broad SMARTS) is 1. The Hall–Kier alpha value is -1.55. The molecule has 0 saturated heterocycles. The molecule has 0 aliphatic rings. The number of benzene rings is 1. The van der Waals surface area contributed by atoms with Crippen molar-refractivity contribution >= 4 is 5.97 Å². The zero-order valence-electron chi connectivity index (χ0n) is 12.3. The van der Waals surface area contributed by atoms with Gasteiger partial charge in [-0.05, 0) is 52.4 Å². The molecule has 0 fully saturated rings. The van der Waals surface area contributed by atoms with E-state index in [4.69, 9.17) is 4.74 Å². The highest BCUT2D eigenvalue weighted by Crippen LogP contribution is 2.19. The van der Waals surface area contributed by atoms with Crippen molar-refractivity contribution in [2.24, 2.45) is 0 Å². The Morgan fingerprint density at radius 3 is 2.26 bits per heavy atom. The number of hydrogen-bond donors (Lipinski definition) is 1. The second-order valence-corrected chi connectivity index (χ2v) is 5.53. The van der Waals surface area contributed by atoms with Gasteiger partial charge in [0.05, 0.1) is 6.10 Å². The fourth-order valence-corrected chi connectivity index (χ4v) is 1.58. The maximum Gasteiger partial charge on any atom is 0.323 e. The molecule has 1 aromatic rings. The normalized spacial score (nSPS) is 11.9. The Morgan fingerprint density at radius 1 is 1.32 bits per heavy atom. The highest BCUT2D eigenvalue weighted by molar-refractivity contribution is 5.77. The Labute approximate surface area is 115 Å². The van der Waals surface area contributed by atoms with E-state index >= 15 is 0 Å². The number of aliphatic carboxylic acids is 1. The minimum Gasteiger partial charge on any atom is -0.491 e. The molecule has 0 unspecified atom stereocenters. The van der Waals surface area contributed by atoms with E-state index in [1.165, 1.54) is 0 Å². The molecule has 1 rings (SSSR count). The Morgan fingerprint density at radius 2 is 1.84 bits per heavy atom. The van der Waals surface area contributed by atoms with Crippen LogP contribution in [0.4, 0.5) is 0 Å². The number of ether oxygens (including phenoxy) is 1. The van der Waals surface area contributed by atoms with Gasteiger partial charge in [0.1, 0.15) is 11.3 Å². The van der Waals surface area contributed by atoms with Gasteiger partial charge in [-0.15, -0.1) is 0 Å². The molecule has 0 aromatic heterocycles. The molecular formula is C15H23NO3. The summed E-state index contributed by atoms with van der Waals surface area (Å²) in [6, 6.07) is 7.76. The van der Waals surface area contributed by atoms with Crippen molar-refractivity contribution < 1.29 is 14.6 Å². The molecule has 1 N–H and O–H groups in total. The molecule has 0 amide bonds. The fraction of sp³-hybridized carbons (Fsp3) is 0.533. The van der Waals surface area contributed by atoms with Crippen molar-refractivity contribution in [2.75, 3.05) is 7.05 Å². The zero-order valence-corrected chi connectivity index (χ0v) is 12.3. The number of nitrogens with zero attached hydrogens (tertiary/aromatic N) is 1. The van der Waals surface area contributed by atoms with E-state index in [1.54, 1.807) is 13.8 Å². The first-order chi connectivity index (χ1) is 8.73. The second kappa shape index (κ2) is 6.06. The van der Waals surface area contributed by atoms with Crippen molar-refractivity contribution in [1.82, 2.24) is 4.90 Å². The minimum absolute atomic E-state index is 0.152. The summed E-state index contributed by atoms with van der Waals surface area (Å²) in [6.07, 6.45) is 0.152. The lowest BCUT2D eigenvalue weighted by Gasteiger charge is -2.31. The highest BCUT2D eigenvalue weighted by atomic mass is 16.5. The van der Waals surface area contributed by atoms with Crippen LogP contribution in [-0.2, 0) is 11.3 Å². The van der Waals surface area contributed by atoms with Crippen LogP contribution >= 0.6 is 0 Å². The predicted octanol–water partition coefficient (Wildman–Crippen LogP) is 2.77. The first-order valence-corrected chi connectivity index (χ1v) is 6.43. The summed E-state index contributed by atoms with van der Waals surface area (Å²) < 4.78 is 5.57. The number of rotatable bonds is 6. The van der Waals surface area contributed by atoms with Gasteiger partial charge in [-0.3, -0.25) is 9.69 Å². The summed E-state index contributed by atoms with van der Waals surface area (Å²) in [5, 5.41) is 9.17. The van der Waals surface area contributed by atoms with Crippen LogP contribution in [0.25, 0.3) is 0 Å². The van der Waals surface area contributed by atoms with Crippen LogP contribution in [0.1, 0.15) is 33.3 Å². The third-order valence-electron chi connectivity index (χ3n) is 3.19. The summed E-state index contributed by atoms with van der Waals surface area (Å²) in [5.41, 5.74) is 0.181. The topological polar surface area (TPSA) is 49.8 Å². The van der Waals surface area contributed by atoms with Crippen molar-refractivity contribution in [1.29, 1.82) is 0 Å². The van der Waals surface area contributed by atoms with Gasteiger partial charge in [-0.2, -0.15) is 0 Å². The predicted molar refractivity (Wildman–Crippen MR) is 75.4 cm³/mol. The van der Waals surface area contributed by atoms with Gasteiger partial charge in [-0.1, -0.05) is 12.1 Å². The molecule has 1 aromatic carbocycles. The summed E-state index contributed by atoms with van der Waals surface area (Å²) >= 11 is 0. The Bertz CT molecular complexity index is 424. The van der Waals surface area contributed by atoms with Crippen LogP contribution in [0, 0.1) is 0 Å². The van der Waals surface area contributed by atoms with E-state index in [0.29, 0.717) is 6.54 Å². The summed E-state index contributed by atoms with van der Waals surface area (Å²) in [5.74, 6) is 0.00802. The van der Waals surface area contributed by atoms with Gasteiger partial charge in [0, 0.05) is 6.54 Å². The average Bonchev–Trinajstić information content (AvgIpc) is 2.30. The highest BCUT2D eigenvalue weighted by Gasteiger charge is 2.31. The van der Waals surface area contributed by atoms with Crippen molar-refractivity contribution in [3.05, 3.63) is 29.8 Å². The van der Waals surface area contributed by atoms with E-state index in [2.05, 4.69) is 0 Å². The third kappa shape index (κ3) is 4.24. The molecular weight excluding hydrogens is 242 g/mol. The van der Waals surface area contributed by atoms with Crippen LogP contribution < -0.4 is 4.74 Å². The summed E-state index contributed by atoms with van der Waals surface area (Å²) in [7, 11) is 1.81.